The van der Waals surface area contributed by atoms with E-state index < -0.39 is 10.7 Å². The van der Waals surface area contributed by atoms with Crippen LogP contribution < -0.4 is 0 Å². The Hall–Kier alpha value is 0.240. The minimum absolute atomic E-state index is 0.193. The van der Waals surface area contributed by atoms with Crippen molar-refractivity contribution in [1.82, 2.24) is 0 Å². The van der Waals surface area contributed by atoms with Gasteiger partial charge in [-0.05, 0) is 6.92 Å². The summed E-state index contributed by atoms with van der Waals surface area (Å²) in [5.41, 5.74) is 0. The normalized spacial score (nSPS) is 14.7. The van der Waals surface area contributed by atoms with Crippen molar-refractivity contribution >= 4 is 22.3 Å². The van der Waals surface area contributed by atoms with Gasteiger partial charge in [0.2, 0.25) is 0 Å². The van der Waals surface area contributed by atoms with E-state index in [4.69, 9.17) is 11.6 Å². The molecule has 0 aliphatic carbocycles. The van der Waals surface area contributed by atoms with Crippen LogP contribution in [0, 0.1) is 0 Å². The summed E-state index contributed by atoms with van der Waals surface area (Å²) >= 11 is 5.16. The van der Waals surface area contributed by atoms with Gasteiger partial charge in [0.1, 0.15) is 10.7 Å². The van der Waals surface area contributed by atoms with Crippen LogP contribution in [0.25, 0.3) is 0 Å². The Kier molecular flexibility index (Phi) is 3.38. The van der Waals surface area contributed by atoms with Crippen molar-refractivity contribution < 1.29 is 8.42 Å². The molecule has 0 N–H and O–H groups in total. The van der Waals surface area contributed by atoms with Gasteiger partial charge in [-0.15, -0.1) is 11.6 Å². The van der Waals surface area contributed by atoms with Gasteiger partial charge in [0.05, 0.1) is 5.25 Å². The zero-order valence-electron chi connectivity index (χ0n) is 3.93. The highest BCUT2D eigenvalue weighted by molar-refractivity contribution is 7.73. The van der Waals surface area contributed by atoms with E-state index in [2.05, 4.69) is 0 Å². The molecule has 0 aliphatic heterocycles. The first-order valence-electron chi connectivity index (χ1n) is 1.88. The molecule has 0 fully saturated rings. The lowest BCUT2D eigenvalue weighted by Crippen LogP contribution is -2.04. The maximum absolute atomic E-state index is 9.88. The smallest absolute Gasteiger partial charge is 0.143 e. The van der Waals surface area contributed by atoms with Gasteiger partial charge in [-0.1, -0.05) is 0 Å². The van der Waals surface area contributed by atoms with Crippen molar-refractivity contribution in [1.29, 1.82) is 0 Å². The SMILES string of the molecule is CC(CCl)[SH](=O)=O. The van der Waals surface area contributed by atoms with Crippen LogP contribution in [0.3, 0.4) is 0 Å². The lowest BCUT2D eigenvalue weighted by atomic mass is 10.6. The highest BCUT2D eigenvalue weighted by atomic mass is 35.5. The van der Waals surface area contributed by atoms with Crippen LogP contribution in [0.4, 0.5) is 0 Å². The van der Waals surface area contributed by atoms with Gasteiger partial charge in [0.15, 0.2) is 0 Å². The van der Waals surface area contributed by atoms with E-state index in [1.54, 1.807) is 6.92 Å². The van der Waals surface area contributed by atoms with E-state index in [9.17, 15) is 8.42 Å². The van der Waals surface area contributed by atoms with Gasteiger partial charge in [0.25, 0.3) is 0 Å². The Labute approximate surface area is 49.4 Å². The molecule has 1 atom stereocenters. The standard InChI is InChI=1S/C3H7ClO2S/c1-3(2-4)7(5)6/h3,7H,2H2,1H3. The summed E-state index contributed by atoms with van der Waals surface area (Å²) in [7, 11) is -2.29. The first kappa shape index (κ1) is 7.24. The molecular formula is C3H7ClO2S. The summed E-state index contributed by atoms with van der Waals surface area (Å²) in [5.74, 6) is 0.193. The number of alkyl halides is 1. The predicted molar refractivity (Wildman–Crippen MR) is 30.5 cm³/mol. The van der Waals surface area contributed by atoms with Gasteiger partial charge < -0.3 is 0 Å². The summed E-state index contributed by atoms with van der Waals surface area (Å²) in [6.45, 7) is 1.57. The van der Waals surface area contributed by atoms with E-state index in [1.165, 1.54) is 0 Å². The van der Waals surface area contributed by atoms with Crippen LogP contribution in [0.15, 0.2) is 0 Å². The molecule has 0 amide bonds. The van der Waals surface area contributed by atoms with Gasteiger partial charge in [0, 0.05) is 5.88 Å². The molecule has 0 heterocycles. The van der Waals surface area contributed by atoms with Crippen LogP contribution in [0.2, 0.25) is 0 Å². The summed E-state index contributed by atoms with van der Waals surface area (Å²) in [4.78, 5) is 0. The fraction of sp³-hybridized carbons (Fsp3) is 1.00. The number of hydrogen-bond acceptors (Lipinski definition) is 2. The Balaban J connectivity index is 3.57. The zero-order valence-corrected chi connectivity index (χ0v) is 5.58. The van der Waals surface area contributed by atoms with Gasteiger partial charge >= 0.3 is 0 Å². The molecule has 1 unspecified atom stereocenters. The largest absolute Gasteiger partial charge is 0.232 e. The van der Waals surface area contributed by atoms with Crippen LogP contribution in [0.1, 0.15) is 6.92 Å². The van der Waals surface area contributed by atoms with E-state index in [0.717, 1.165) is 0 Å². The van der Waals surface area contributed by atoms with Crippen molar-refractivity contribution in [3.8, 4) is 0 Å². The molecule has 0 radical (unpaired) electrons. The molecule has 0 aromatic carbocycles. The maximum Gasteiger partial charge on any atom is 0.143 e. The zero-order chi connectivity index (χ0) is 5.86. The van der Waals surface area contributed by atoms with Crippen molar-refractivity contribution in [3.63, 3.8) is 0 Å². The topological polar surface area (TPSA) is 34.1 Å². The lowest BCUT2D eigenvalue weighted by Gasteiger charge is -1.90. The van der Waals surface area contributed by atoms with Crippen molar-refractivity contribution in [3.05, 3.63) is 0 Å². The molecule has 44 valence electrons. The molecule has 0 aromatic heterocycles. The molecule has 0 aromatic rings. The average molecular weight is 143 g/mol. The number of halogens is 1. The first-order chi connectivity index (χ1) is 3.18. The van der Waals surface area contributed by atoms with Crippen molar-refractivity contribution in [2.24, 2.45) is 0 Å². The van der Waals surface area contributed by atoms with E-state index in [0.29, 0.717) is 0 Å². The quantitative estimate of drug-likeness (QED) is 0.442. The number of rotatable bonds is 2. The molecule has 0 bridgehead atoms. The Morgan fingerprint density at radius 2 is 2.14 bits per heavy atom. The molecule has 0 rings (SSSR count). The van der Waals surface area contributed by atoms with Crippen LogP contribution >= 0.6 is 11.6 Å². The molecular weight excluding hydrogens is 136 g/mol. The van der Waals surface area contributed by atoms with E-state index in [-0.39, 0.29) is 11.1 Å². The molecule has 7 heavy (non-hydrogen) atoms. The first-order valence-corrected chi connectivity index (χ1v) is 3.66. The second kappa shape index (κ2) is 3.27. The second-order valence-corrected chi connectivity index (χ2v) is 3.05. The van der Waals surface area contributed by atoms with Gasteiger partial charge in [-0.3, -0.25) is 0 Å². The maximum atomic E-state index is 9.88. The molecule has 0 spiro atoms. The summed E-state index contributed by atoms with van der Waals surface area (Å²) in [6, 6.07) is 0. The minimum Gasteiger partial charge on any atom is -0.232 e. The summed E-state index contributed by atoms with van der Waals surface area (Å²) in [6.07, 6.45) is 0. The summed E-state index contributed by atoms with van der Waals surface area (Å²) in [5, 5.41) is -0.378. The second-order valence-electron chi connectivity index (χ2n) is 1.29. The van der Waals surface area contributed by atoms with Crippen LogP contribution in [0.5, 0.6) is 0 Å². The van der Waals surface area contributed by atoms with Gasteiger partial charge in [-0.25, -0.2) is 8.42 Å². The van der Waals surface area contributed by atoms with Crippen LogP contribution in [-0.4, -0.2) is 19.5 Å². The Morgan fingerprint density at radius 3 is 2.14 bits per heavy atom. The number of hydrogen-bond donors (Lipinski definition) is 1. The average Bonchev–Trinajstić information content (AvgIpc) is 1.65. The third-order valence-corrected chi connectivity index (χ3v) is 2.16. The highest BCUT2D eigenvalue weighted by Crippen LogP contribution is 1.88. The Bertz CT molecular complexity index is 102. The monoisotopic (exact) mass is 142 g/mol. The summed E-state index contributed by atoms with van der Waals surface area (Å²) < 4.78 is 19.8. The molecule has 0 saturated carbocycles. The third-order valence-electron chi connectivity index (χ3n) is 0.583. The van der Waals surface area contributed by atoms with Gasteiger partial charge in [-0.2, -0.15) is 0 Å². The third kappa shape index (κ3) is 2.88. The highest BCUT2D eigenvalue weighted by Gasteiger charge is 1.98. The number of thiol groups is 1. The van der Waals surface area contributed by atoms with Crippen LogP contribution in [-0.2, 0) is 10.7 Å². The Morgan fingerprint density at radius 1 is 1.71 bits per heavy atom. The fourth-order valence-electron chi connectivity index (χ4n) is 0.0563. The minimum atomic E-state index is -2.29. The molecule has 0 aliphatic rings. The molecule has 4 heteroatoms. The van der Waals surface area contributed by atoms with E-state index in [1.807, 2.05) is 0 Å². The lowest BCUT2D eigenvalue weighted by molar-refractivity contribution is 0.607. The predicted octanol–water partition coefficient (Wildman–Crippen LogP) is 0.225. The molecule has 2 nitrogen and oxygen atoms in total. The van der Waals surface area contributed by atoms with Crippen molar-refractivity contribution in [2.75, 3.05) is 5.88 Å². The van der Waals surface area contributed by atoms with E-state index >= 15 is 0 Å². The fourth-order valence-corrected chi connectivity index (χ4v) is 0.507. The van der Waals surface area contributed by atoms with Crippen molar-refractivity contribution in [2.45, 2.75) is 12.2 Å². The molecule has 0 saturated heterocycles.